The first-order chi connectivity index (χ1) is 6.58. The summed E-state index contributed by atoms with van der Waals surface area (Å²) < 4.78 is 4.91. The molecule has 1 unspecified atom stereocenters. The molecule has 14 heavy (non-hydrogen) atoms. The van der Waals surface area contributed by atoms with Gasteiger partial charge in [-0.3, -0.25) is 5.50 Å². The van der Waals surface area contributed by atoms with E-state index in [9.17, 15) is 0 Å². The molecule has 0 fully saturated rings. The van der Waals surface area contributed by atoms with Crippen LogP contribution in [-0.2, 0) is 22.8 Å². The molecular formula is C9H14NO2PS. The van der Waals surface area contributed by atoms with E-state index >= 15 is 0 Å². The van der Waals surface area contributed by atoms with Gasteiger partial charge in [0.25, 0.3) is 6.64 Å². The van der Waals surface area contributed by atoms with Gasteiger partial charge >= 0.3 is 0 Å². The standard InChI is InChI=1S/C9H14NO2PS/c10-13(11,14)12-8-4-7-9-5-2-1-3-6-9/h1-3,5-6H,4,7-8H2,(H3,10,11,14). The van der Waals surface area contributed by atoms with Gasteiger partial charge in [-0.2, -0.15) is 0 Å². The molecule has 0 saturated carbocycles. The lowest BCUT2D eigenvalue weighted by Gasteiger charge is -2.09. The van der Waals surface area contributed by atoms with Crippen molar-refractivity contribution in [2.45, 2.75) is 12.8 Å². The molecule has 5 heteroatoms. The molecule has 0 heterocycles. The Labute approximate surface area is 89.1 Å². The number of nitrogens with two attached hydrogens (primary N) is 1. The van der Waals surface area contributed by atoms with Crippen molar-refractivity contribution in [1.82, 2.24) is 0 Å². The molecule has 0 saturated heterocycles. The van der Waals surface area contributed by atoms with Crippen LogP contribution in [0.2, 0.25) is 0 Å². The Kier molecular flexibility index (Phi) is 4.72. The van der Waals surface area contributed by atoms with Gasteiger partial charge in [-0.05, 0) is 30.2 Å². The average molecular weight is 231 g/mol. The van der Waals surface area contributed by atoms with Crippen molar-refractivity contribution in [3.8, 4) is 0 Å². The summed E-state index contributed by atoms with van der Waals surface area (Å²) in [4.78, 5) is 9.00. The minimum Gasteiger partial charge on any atom is -0.334 e. The van der Waals surface area contributed by atoms with Gasteiger partial charge in [0.05, 0.1) is 6.61 Å². The van der Waals surface area contributed by atoms with Gasteiger partial charge in [0, 0.05) is 0 Å². The Morgan fingerprint density at radius 3 is 2.57 bits per heavy atom. The van der Waals surface area contributed by atoms with Crippen LogP contribution in [0.3, 0.4) is 0 Å². The van der Waals surface area contributed by atoms with Gasteiger partial charge in [0.15, 0.2) is 0 Å². The average Bonchev–Trinajstić information content (AvgIpc) is 2.13. The molecule has 1 aromatic carbocycles. The van der Waals surface area contributed by atoms with Crippen LogP contribution in [0.25, 0.3) is 0 Å². The van der Waals surface area contributed by atoms with Crippen LogP contribution in [0.15, 0.2) is 30.3 Å². The predicted octanol–water partition coefficient (Wildman–Crippen LogP) is 1.81. The van der Waals surface area contributed by atoms with Gasteiger partial charge in [0.1, 0.15) is 0 Å². The van der Waals surface area contributed by atoms with Crippen molar-refractivity contribution in [2.75, 3.05) is 6.61 Å². The molecule has 0 aliphatic heterocycles. The topological polar surface area (TPSA) is 55.5 Å². The lowest BCUT2D eigenvalue weighted by Crippen LogP contribution is -2.00. The molecule has 0 radical (unpaired) electrons. The number of hydrogen-bond acceptors (Lipinski definition) is 2. The molecule has 0 aromatic heterocycles. The second-order valence-corrected chi connectivity index (χ2v) is 5.94. The highest BCUT2D eigenvalue weighted by molar-refractivity contribution is 8.08. The molecular weight excluding hydrogens is 217 g/mol. The van der Waals surface area contributed by atoms with Crippen molar-refractivity contribution < 1.29 is 9.42 Å². The summed E-state index contributed by atoms with van der Waals surface area (Å²) in [5.41, 5.74) is 6.42. The van der Waals surface area contributed by atoms with Gasteiger partial charge in [0.2, 0.25) is 0 Å². The van der Waals surface area contributed by atoms with Crippen molar-refractivity contribution in [2.24, 2.45) is 5.50 Å². The van der Waals surface area contributed by atoms with E-state index < -0.39 is 6.64 Å². The fraction of sp³-hybridized carbons (Fsp3) is 0.333. The lowest BCUT2D eigenvalue weighted by atomic mass is 10.1. The van der Waals surface area contributed by atoms with E-state index in [2.05, 4.69) is 23.9 Å². The van der Waals surface area contributed by atoms with Crippen LogP contribution in [-0.4, -0.2) is 11.5 Å². The molecule has 0 aliphatic carbocycles. The van der Waals surface area contributed by atoms with Crippen LogP contribution < -0.4 is 5.50 Å². The summed E-state index contributed by atoms with van der Waals surface area (Å²) >= 11 is 4.54. The molecule has 0 aliphatic rings. The second-order valence-electron chi connectivity index (χ2n) is 2.99. The van der Waals surface area contributed by atoms with Crippen LogP contribution in [0.1, 0.15) is 12.0 Å². The van der Waals surface area contributed by atoms with E-state index in [1.807, 2.05) is 18.2 Å². The number of aryl methyl sites for hydroxylation is 1. The first-order valence-corrected chi connectivity index (χ1v) is 7.12. The van der Waals surface area contributed by atoms with E-state index in [0.717, 1.165) is 12.8 Å². The van der Waals surface area contributed by atoms with E-state index in [-0.39, 0.29) is 0 Å². The van der Waals surface area contributed by atoms with Crippen LogP contribution in [0, 0.1) is 0 Å². The van der Waals surface area contributed by atoms with Gasteiger partial charge in [-0.1, -0.05) is 30.3 Å². The summed E-state index contributed by atoms with van der Waals surface area (Å²) in [7, 11) is 0. The Morgan fingerprint density at radius 1 is 1.36 bits per heavy atom. The molecule has 3 N–H and O–H groups in total. The van der Waals surface area contributed by atoms with Crippen molar-refractivity contribution in [3.05, 3.63) is 35.9 Å². The number of rotatable bonds is 5. The van der Waals surface area contributed by atoms with E-state index in [0.29, 0.717) is 6.61 Å². The second kappa shape index (κ2) is 5.59. The highest BCUT2D eigenvalue weighted by atomic mass is 32.5. The van der Waals surface area contributed by atoms with E-state index in [1.165, 1.54) is 5.56 Å². The van der Waals surface area contributed by atoms with Crippen molar-refractivity contribution >= 4 is 18.4 Å². The molecule has 0 spiro atoms. The first-order valence-electron chi connectivity index (χ1n) is 4.38. The summed E-state index contributed by atoms with van der Waals surface area (Å²) in [6.07, 6.45) is 1.73. The molecule has 0 amide bonds. The molecule has 78 valence electrons. The van der Waals surface area contributed by atoms with Crippen LogP contribution >= 0.6 is 6.64 Å². The number of hydrogen-bond donors (Lipinski definition) is 2. The summed E-state index contributed by atoms with van der Waals surface area (Å²) in [6, 6.07) is 10.1. The molecule has 3 nitrogen and oxygen atoms in total. The smallest absolute Gasteiger partial charge is 0.255 e. The summed E-state index contributed by atoms with van der Waals surface area (Å²) in [6.45, 7) is -2.54. The van der Waals surface area contributed by atoms with Crippen LogP contribution in [0.4, 0.5) is 0 Å². The van der Waals surface area contributed by atoms with Gasteiger partial charge in [-0.25, -0.2) is 0 Å². The molecule has 1 aromatic rings. The quantitative estimate of drug-likeness (QED) is 0.599. The van der Waals surface area contributed by atoms with E-state index in [1.54, 1.807) is 0 Å². The third-order valence-corrected chi connectivity index (χ3v) is 2.60. The Bertz CT molecular complexity index is 312. The van der Waals surface area contributed by atoms with Gasteiger partial charge in [-0.15, -0.1) is 0 Å². The maximum atomic E-state index is 9.00. The normalized spacial score (nSPS) is 15.0. The van der Waals surface area contributed by atoms with Crippen LogP contribution in [0.5, 0.6) is 0 Å². The van der Waals surface area contributed by atoms with Gasteiger partial charge < -0.3 is 9.42 Å². The largest absolute Gasteiger partial charge is 0.334 e. The predicted molar refractivity (Wildman–Crippen MR) is 61.4 cm³/mol. The zero-order chi connectivity index (χ0) is 10.4. The monoisotopic (exact) mass is 231 g/mol. The zero-order valence-corrected chi connectivity index (χ0v) is 9.51. The fourth-order valence-electron chi connectivity index (χ4n) is 1.12. The Hall–Kier alpha value is -0.250. The molecule has 1 rings (SSSR count). The van der Waals surface area contributed by atoms with E-state index in [4.69, 9.17) is 14.9 Å². The maximum Gasteiger partial charge on any atom is 0.255 e. The summed E-state index contributed by atoms with van der Waals surface area (Å²) in [5, 5.41) is 0. The highest BCUT2D eigenvalue weighted by Gasteiger charge is 2.03. The van der Waals surface area contributed by atoms with Crippen molar-refractivity contribution in [1.29, 1.82) is 0 Å². The first kappa shape index (κ1) is 11.8. The third-order valence-electron chi connectivity index (χ3n) is 1.73. The minimum atomic E-state index is -2.95. The SMILES string of the molecule is NP(O)(=S)OCCCc1ccccc1. The molecule has 0 bridgehead atoms. The Morgan fingerprint density at radius 2 is 2.00 bits per heavy atom. The highest BCUT2D eigenvalue weighted by Crippen LogP contribution is 2.31. The van der Waals surface area contributed by atoms with Crippen molar-refractivity contribution in [3.63, 3.8) is 0 Å². The molecule has 1 atom stereocenters. The Balaban J connectivity index is 2.20. The summed E-state index contributed by atoms with van der Waals surface area (Å²) in [5.74, 6) is 0. The minimum absolute atomic E-state index is 0.416. The maximum absolute atomic E-state index is 9.00. The zero-order valence-electron chi connectivity index (χ0n) is 7.80. The fourth-order valence-corrected chi connectivity index (χ4v) is 1.73. The lowest BCUT2D eigenvalue weighted by molar-refractivity contribution is 0.302. The number of benzene rings is 1. The third kappa shape index (κ3) is 5.47.